The molecule has 0 bridgehead atoms. The van der Waals surface area contributed by atoms with Crippen molar-refractivity contribution >= 4 is 16.6 Å². The highest BCUT2D eigenvalue weighted by molar-refractivity contribution is 7.72. The highest BCUT2D eigenvalue weighted by Gasteiger charge is 2.34. The molecule has 0 saturated carbocycles. The Bertz CT molecular complexity index is 859. The van der Waals surface area contributed by atoms with Gasteiger partial charge in [0, 0.05) is 18.3 Å². The van der Waals surface area contributed by atoms with Crippen LogP contribution in [0.3, 0.4) is 0 Å². The smallest absolute Gasteiger partial charge is 0.250 e. The Morgan fingerprint density at radius 2 is 2.04 bits per heavy atom. The van der Waals surface area contributed by atoms with E-state index < -0.39 is 22.0 Å². The number of carbonyl (C=O) groups excluding carboxylic acids is 1. The number of hydroxylamine groups is 1. The second-order valence-corrected chi connectivity index (χ2v) is 6.91. The van der Waals surface area contributed by atoms with E-state index in [0.717, 1.165) is 11.1 Å². The number of carbonyl (C=O) groups is 1. The number of thiol groups is 1. The van der Waals surface area contributed by atoms with Crippen LogP contribution in [0.2, 0.25) is 0 Å². The molecule has 1 heterocycles. The normalized spacial score (nSPS) is 13.2. The lowest BCUT2D eigenvalue weighted by molar-refractivity contribution is -0.138. The van der Waals surface area contributed by atoms with Crippen molar-refractivity contribution in [3.05, 3.63) is 42.2 Å². The first kappa shape index (κ1) is 18.6. The van der Waals surface area contributed by atoms with Crippen molar-refractivity contribution in [2.24, 2.45) is 5.41 Å². The average Bonchev–Trinajstić information content (AvgIpc) is 3.08. The zero-order valence-electron chi connectivity index (χ0n) is 13.5. The van der Waals surface area contributed by atoms with Gasteiger partial charge in [0.15, 0.2) is 0 Å². The van der Waals surface area contributed by atoms with E-state index in [-0.39, 0.29) is 12.2 Å². The summed E-state index contributed by atoms with van der Waals surface area (Å²) in [6.07, 6.45) is 3.62. The van der Waals surface area contributed by atoms with Crippen molar-refractivity contribution in [1.82, 2.24) is 15.3 Å². The monoisotopic (exact) mass is 362 g/mol. The summed E-state index contributed by atoms with van der Waals surface area (Å²) in [6.45, 7) is 1.79. The van der Waals surface area contributed by atoms with Gasteiger partial charge in [-0.05, 0) is 31.0 Å². The Morgan fingerprint density at radius 3 is 2.60 bits per heavy atom. The van der Waals surface area contributed by atoms with Gasteiger partial charge in [-0.25, -0.2) is 13.9 Å². The van der Waals surface area contributed by atoms with Gasteiger partial charge in [-0.2, -0.15) is 10.4 Å². The fraction of sp³-hybridized carbons (Fsp3) is 0.312. The van der Waals surface area contributed by atoms with Crippen molar-refractivity contribution in [3.8, 4) is 17.2 Å². The maximum absolute atomic E-state index is 11.8. The topological polar surface area (TPSA) is 125 Å². The Balaban J connectivity index is 2.11. The molecule has 0 aliphatic rings. The third-order valence-corrected chi connectivity index (χ3v) is 4.96. The number of amides is 1. The van der Waals surface area contributed by atoms with Crippen LogP contribution in [0.4, 0.5) is 0 Å². The van der Waals surface area contributed by atoms with E-state index in [1.54, 1.807) is 29.2 Å². The Morgan fingerprint density at radius 1 is 1.36 bits per heavy atom. The number of nitriles is 1. The summed E-state index contributed by atoms with van der Waals surface area (Å²) >= 11 is 0. The predicted octanol–water partition coefficient (Wildman–Crippen LogP) is 0.935. The second kappa shape index (κ2) is 7.92. The minimum absolute atomic E-state index is 0.192. The molecule has 0 aliphatic heterocycles. The van der Waals surface area contributed by atoms with Gasteiger partial charge in [-0.15, -0.1) is 0 Å². The SMILES string of the molecule is CC(CCn1cc(-c2ccc(C#N)cc2)cn1)(C[SH](=O)=O)C(=O)NO. The van der Waals surface area contributed by atoms with E-state index in [1.165, 1.54) is 12.4 Å². The summed E-state index contributed by atoms with van der Waals surface area (Å²) in [5.41, 5.74) is 2.58. The number of aromatic nitrogens is 2. The second-order valence-electron chi connectivity index (χ2n) is 5.92. The lowest BCUT2D eigenvalue weighted by Gasteiger charge is -2.24. The molecule has 2 rings (SSSR count). The molecule has 0 aliphatic carbocycles. The molecule has 132 valence electrons. The van der Waals surface area contributed by atoms with E-state index in [0.29, 0.717) is 12.1 Å². The van der Waals surface area contributed by atoms with E-state index in [9.17, 15) is 13.2 Å². The summed E-state index contributed by atoms with van der Waals surface area (Å²) in [5.74, 6) is -1.11. The first-order valence-corrected chi connectivity index (χ1v) is 8.83. The zero-order valence-corrected chi connectivity index (χ0v) is 14.4. The van der Waals surface area contributed by atoms with Crippen molar-refractivity contribution in [3.63, 3.8) is 0 Å². The molecular weight excluding hydrogens is 344 g/mol. The first-order valence-electron chi connectivity index (χ1n) is 7.47. The van der Waals surface area contributed by atoms with Gasteiger partial charge >= 0.3 is 0 Å². The summed E-state index contributed by atoms with van der Waals surface area (Å²) in [7, 11) is -2.77. The average molecular weight is 362 g/mol. The van der Waals surface area contributed by atoms with Gasteiger partial charge in [-0.3, -0.25) is 14.7 Å². The fourth-order valence-corrected chi connectivity index (χ4v) is 3.29. The summed E-state index contributed by atoms with van der Waals surface area (Å²) in [4.78, 5) is 11.8. The van der Waals surface area contributed by atoms with E-state index in [1.807, 2.05) is 12.1 Å². The molecule has 8 nitrogen and oxygen atoms in total. The van der Waals surface area contributed by atoms with Crippen LogP contribution in [0.1, 0.15) is 18.9 Å². The van der Waals surface area contributed by atoms with Gasteiger partial charge in [0.2, 0.25) is 5.91 Å². The van der Waals surface area contributed by atoms with Gasteiger partial charge in [0.05, 0.1) is 29.0 Å². The van der Waals surface area contributed by atoms with E-state index in [2.05, 4.69) is 11.2 Å². The number of nitrogens with one attached hydrogen (secondary N) is 1. The first-order chi connectivity index (χ1) is 11.9. The third kappa shape index (κ3) is 4.65. The van der Waals surface area contributed by atoms with Crippen molar-refractivity contribution < 1.29 is 18.4 Å². The minimum atomic E-state index is -2.77. The number of hydrogen-bond donors (Lipinski definition) is 3. The highest BCUT2D eigenvalue weighted by atomic mass is 32.2. The molecule has 0 spiro atoms. The maximum Gasteiger partial charge on any atom is 0.250 e. The summed E-state index contributed by atoms with van der Waals surface area (Å²) in [6, 6.07) is 9.09. The summed E-state index contributed by atoms with van der Waals surface area (Å²) < 4.78 is 23.6. The molecular formula is C16H18N4O4S. The van der Waals surface area contributed by atoms with Crippen LogP contribution in [0, 0.1) is 16.7 Å². The Hall–Kier alpha value is -2.70. The van der Waals surface area contributed by atoms with Crippen LogP contribution >= 0.6 is 0 Å². The Labute approximate surface area is 146 Å². The number of aryl methyl sites for hydroxylation is 1. The summed E-state index contributed by atoms with van der Waals surface area (Å²) in [5, 5.41) is 21.9. The lowest BCUT2D eigenvalue weighted by Crippen LogP contribution is -2.41. The molecule has 1 aromatic carbocycles. The molecule has 0 fully saturated rings. The Kier molecular flexibility index (Phi) is 5.90. The quantitative estimate of drug-likeness (QED) is 0.382. The van der Waals surface area contributed by atoms with Crippen molar-refractivity contribution in [1.29, 1.82) is 5.26 Å². The minimum Gasteiger partial charge on any atom is -0.289 e. The van der Waals surface area contributed by atoms with Crippen LogP contribution in [0.25, 0.3) is 11.1 Å². The molecule has 2 N–H and O–H groups in total. The van der Waals surface area contributed by atoms with Gasteiger partial charge < -0.3 is 0 Å². The van der Waals surface area contributed by atoms with Crippen LogP contribution in [0.5, 0.6) is 0 Å². The molecule has 9 heteroatoms. The molecule has 0 saturated heterocycles. The van der Waals surface area contributed by atoms with Gasteiger partial charge in [0.25, 0.3) is 0 Å². The number of benzene rings is 1. The highest BCUT2D eigenvalue weighted by Crippen LogP contribution is 2.24. The largest absolute Gasteiger partial charge is 0.289 e. The number of hydrogen-bond acceptors (Lipinski definition) is 6. The predicted molar refractivity (Wildman–Crippen MR) is 90.2 cm³/mol. The molecule has 1 amide bonds. The van der Waals surface area contributed by atoms with Gasteiger partial charge in [0.1, 0.15) is 10.7 Å². The zero-order chi connectivity index (χ0) is 18.4. The number of rotatable bonds is 7. The molecule has 25 heavy (non-hydrogen) atoms. The fourth-order valence-electron chi connectivity index (χ4n) is 2.42. The van der Waals surface area contributed by atoms with E-state index in [4.69, 9.17) is 10.5 Å². The van der Waals surface area contributed by atoms with Crippen LogP contribution in [0.15, 0.2) is 36.7 Å². The maximum atomic E-state index is 11.8. The lowest BCUT2D eigenvalue weighted by atomic mass is 9.88. The van der Waals surface area contributed by atoms with E-state index >= 15 is 0 Å². The van der Waals surface area contributed by atoms with Crippen LogP contribution < -0.4 is 5.48 Å². The molecule has 0 radical (unpaired) electrons. The van der Waals surface area contributed by atoms with Crippen molar-refractivity contribution in [2.45, 2.75) is 19.9 Å². The molecule has 1 unspecified atom stereocenters. The van der Waals surface area contributed by atoms with Crippen LogP contribution in [-0.2, 0) is 22.0 Å². The number of nitrogens with zero attached hydrogens (tertiary/aromatic N) is 3. The molecule has 2 aromatic rings. The third-order valence-electron chi connectivity index (χ3n) is 4.00. The van der Waals surface area contributed by atoms with Gasteiger partial charge in [-0.1, -0.05) is 12.1 Å². The molecule has 1 atom stereocenters. The van der Waals surface area contributed by atoms with Crippen molar-refractivity contribution in [2.75, 3.05) is 5.75 Å². The van der Waals surface area contributed by atoms with Crippen LogP contribution in [-0.4, -0.2) is 35.1 Å². The standard InChI is InChI=1S/C16H18N4O4S/c1-16(11-25(23)24,15(21)19-22)6-7-20-10-14(9-18-20)13-4-2-12(8-17)3-5-13/h2-5,9-10,22,25H,6-7,11H2,1H3,(H,19,21). The molecule has 1 aromatic heterocycles.